The van der Waals surface area contributed by atoms with Gasteiger partial charge in [0.05, 0.1) is 14.9 Å². The summed E-state index contributed by atoms with van der Waals surface area (Å²) in [5.41, 5.74) is 0. The summed E-state index contributed by atoms with van der Waals surface area (Å²) in [6.07, 6.45) is 1.32. The average Bonchev–Trinajstić information content (AvgIpc) is 1.87. The van der Waals surface area contributed by atoms with Gasteiger partial charge in [0, 0.05) is 0 Å². The van der Waals surface area contributed by atoms with Gasteiger partial charge in [-0.3, -0.25) is 0 Å². The standard InChI is InChI=1S/C5H15B3/c1-4-5(2,7-3)8-6/h7-8H,4,6H2,1-3H3. The first-order valence-corrected chi connectivity index (χ1v) is 3.68. The summed E-state index contributed by atoms with van der Waals surface area (Å²) >= 11 is 0. The molecule has 0 N–H and O–H groups in total. The second-order valence-corrected chi connectivity index (χ2v) is 2.87. The summed E-state index contributed by atoms with van der Waals surface area (Å²) in [6, 6.07) is 0. The van der Waals surface area contributed by atoms with Gasteiger partial charge in [-0.25, -0.2) is 0 Å². The topological polar surface area (TPSA) is 0 Å². The molecule has 0 saturated heterocycles. The lowest BCUT2D eigenvalue weighted by molar-refractivity contribution is 0.790. The maximum absolute atomic E-state index is 2.35. The van der Waals surface area contributed by atoms with Crippen LogP contribution in [0.25, 0.3) is 0 Å². The number of hydrogen-bond acceptors (Lipinski definition) is 0. The minimum absolute atomic E-state index is 0.625. The van der Waals surface area contributed by atoms with Crippen LogP contribution in [0.3, 0.4) is 0 Å². The Bertz CT molecular complexity index is 50.4. The van der Waals surface area contributed by atoms with Crippen LogP contribution in [0.15, 0.2) is 0 Å². The lowest BCUT2D eigenvalue weighted by atomic mass is 9.27. The first-order valence-electron chi connectivity index (χ1n) is 3.68. The quantitative estimate of drug-likeness (QED) is 0.446. The molecule has 0 spiro atoms. The molecular formula is C5H15B3. The van der Waals surface area contributed by atoms with Crippen LogP contribution >= 0.6 is 0 Å². The molecule has 0 aliphatic rings. The molecule has 44 valence electrons. The minimum atomic E-state index is 0.625. The molecule has 0 aromatic heterocycles. The van der Waals surface area contributed by atoms with E-state index in [1.807, 2.05) is 0 Å². The van der Waals surface area contributed by atoms with Crippen molar-refractivity contribution in [2.24, 2.45) is 0 Å². The molecule has 3 heteroatoms. The summed E-state index contributed by atoms with van der Waals surface area (Å²) in [5.74, 6) is 0. The van der Waals surface area contributed by atoms with Gasteiger partial charge < -0.3 is 0 Å². The van der Waals surface area contributed by atoms with Gasteiger partial charge >= 0.3 is 0 Å². The molecule has 0 nitrogen and oxygen atoms in total. The molecule has 0 aliphatic heterocycles. The molecule has 0 heterocycles. The predicted molar refractivity (Wildman–Crippen MR) is 47.4 cm³/mol. The highest BCUT2D eigenvalue weighted by Gasteiger charge is 2.17. The monoisotopic (exact) mass is 108 g/mol. The van der Waals surface area contributed by atoms with Crippen molar-refractivity contribution in [3.8, 4) is 0 Å². The van der Waals surface area contributed by atoms with Gasteiger partial charge in [-0.05, 0) is 0 Å². The molecule has 0 rings (SSSR count). The van der Waals surface area contributed by atoms with Crippen LogP contribution in [-0.4, -0.2) is 22.2 Å². The Kier molecular flexibility index (Phi) is 3.35. The SMILES string of the molecule is BBC(C)(BC)CC. The molecule has 0 bridgehead atoms. The molecule has 0 aromatic carbocycles. The summed E-state index contributed by atoms with van der Waals surface area (Å²) in [4.78, 5) is 0. The summed E-state index contributed by atoms with van der Waals surface area (Å²) in [5, 5.41) is 0.625. The van der Waals surface area contributed by atoms with Gasteiger partial charge in [0.15, 0.2) is 0 Å². The van der Waals surface area contributed by atoms with E-state index in [9.17, 15) is 0 Å². The van der Waals surface area contributed by atoms with E-state index >= 15 is 0 Å². The highest BCUT2D eigenvalue weighted by atomic mass is 14.0. The third-order valence-electron chi connectivity index (χ3n) is 2.56. The highest BCUT2D eigenvalue weighted by molar-refractivity contribution is 6.95. The smallest absolute Gasteiger partial charge is 0.0895 e. The van der Waals surface area contributed by atoms with Gasteiger partial charge in [-0.2, -0.15) is 0 Å². The Morgan fingerprint density at radius 3 is 2.12 bits per heavy atom. The van der Waals surface area contributed by atoms with E-state index in [1.165, 1.54) is 20.9 Å². The van der Waals surface area contributed by atoms with Crippen LogP contribution < -0.4 is 0 Å². The zero-order valence-corrected chi connectivity index (χ0v) is 6.62. The molecule has 0 aliphatic carbocycles. The fourth-order valence-corrected chi connectivity index (χ4v) is 0.750. The van der Waals surface area contributed by atoms with Gasteiger partial charge in [0.2, 0.25) is 0 Å². The van der Waals surface area contributed by atoms with Gasteiger partial charge in [0.1, 0.15) is 7.28 Å². The fraction of sp³-hybridized carbons (Fsp3) is 1.00. The van der Waals surface area contributed by atoms with Crippen molar-refractivity contribution < 1.29 is 0 Å². The Morgan fingerprint density at radius 1 is 1.62 bits per heavy atom. The van der Waals surface area contributed by atoms with E-state index in [0.717, 1.165) is 0 Å². The molecule has 0 fully saturated rings. The Morgan fingerprint density at radius 2 is 2.12 bits per heavy atom. The van der Waals surface area contributed by atoms with E-state index < -0.39 is 0 Å². The third-order valence-corrected chi connectivity index (χ3v) is 2.56. The molecule has 1 unspecified atom stereocenters. The maximum Gasteiger partial charge on any atom is 0.115 e. The predicted octanol–water partition coefficient (Wildman–Crippen LogP) is 0.00170. The summed E-state index contributed by atoms with van der Waals surface area (Å²) < 4.78 is 0. The van der Waals surface area contributed by atoms with Crippen molar-refractivity contribution in [1.29, 1.82) is 0 Å². The Hall–Kier alpha value is 0.195. The second kappa shape index (κ2) is 3.27. The normalized spacial score (nSPS) is 16.9. The molecule has 0 radical (unpaired) electrons. The number of hydrogen-bond donors (Lipinski definition) is 0. The van der Waals surface area contributed by atoms with E-state index in [-0.39, 0.29) is 0 Å². The van der Waals surface area contributed by atoms with E-state index in [1.54, 1.807) is 0 Å². The highest BCUT2D eigenvalue weighted by Crippen LogP contribution is 2.24. The van der Waals surface area contributed by atoms with E-state index in [0.29, 0.717) is 5.21 Å². The zero-order valence-electron chi connectivity index (χ0n) is 6.62. The summed E-state index contributed by atoms with van der Waals surface area (Å²) in [7, 11) is 4.91. The van der Waals surface area contributed by atoms with Crippen LogP contribution in [0.2, 0.25) is 12.0 Å². The van der Waals surface area contributed by atoms with Crippen LogP contribution in [-0.2, 0) is 0 Å². The van der Waals surface area contributed by atoms with Crippen molar-refractivity contribution in [1.82, 2.24) is 0 Å². The first kappa shape index (κ1) is 8.19. The average molecular weight is 108 g/mol. The van der Waals surface area contributed by atoms with Crippen molar-refractivity contribution >= 4 is 22.2 Å². The van der Waals surface area contributed by atoms with Crippen molar-refractivity contribution in [3.63, 3.8) is 0 Å². The van der Waals surface area contributed by atoms with Gasteiger partial charge in [-0.1, -0.05) is 32.3 Å². The third kappa shape index (κ3) is 1.98. The maximum atomic E-state index is 2.35. The molecule has 8 heavy (non-hydrogen) atoms. The minimum Gasteiger partial charge on any atom is -0.0895 e. The Balaban J connectivity index is 3.58. The van der Waals surface area contributed by atoms with Crippen LogP contribution in [0.5, 0.6) is 0 Å². The first-order chi connectivity index (χ1) is 3.68. The van der Waals surface area contributed by atoms with Crippen LogP contribution in [0, 0.1) is 0 Å². The van der Waals surface area contributed by atoms with Crippen molar-refractivity contribution in [2.75, 3.05) is 0 Å². The van der Waals surface area contributed by atoms with E-state index in [2.05, 4.69) is 28.4 Å². The van der Waals surface area contributed by atoms with Crippen LogP contribution in [0.1, 0.15) is 20.3 Å². The lowest BCUT2D eigenvalue weighted by Gasteiger charge is -2.22. The lowest BCUT2D eigenvalue weighted by Crippen LogP contribution is -2.21. The molecule has 0 amide bonds. The zero-order chi connectivity index (χ0) is 6.62. The van der Waals surface area contributed by atoms with Crippen LogP contribution in [0.4, 0.5) is 0 Å². The second-order valence-electron chi connectivity index (χ2n) is 2.87. The number of rotatable bonds is 3. The van der Waals surface area contributed by atoms with E-state index in [4.69, 9.17) is 0 Å². The van der Waals surface area contributed by atoms with Crippen molar-refractivity contribution in [3.05, 3.63) is 0 Å². The fourth-order valence-electron chi connectivity index (χ4n) is 0.750. The van der Waals surface area contributed by atoms with Gasteiger partial charge in [0.25, 0.3) is 0 Å². The summed E-state index contributed by atoms with van der Waals surface area (Å²) in [6.45, 7) is 6.90. The molecular weight excluding hydrogens is 92.5 g/mol. The molecule has 1 atom stereocenters. The molecule has 0 aromatic rings. The largest absolute Gasteiger partial charge is 0.115 e. The van der Waals surface area contributed by atoms with Crippen molar-refractivity contribution in [2.45, 2.75) is 32.3 Å². The molecule has 0 saturated carbocycles. The Labute approximate surface area is 55.3 Å². The van der Waals surface area contributed by atoms with Gasteiger partial charge in [-0.15, -0.1) is 0 Å².